The maximum atomic E-state index is 10.6. The molecule has 0 fully saturated rings. The molecule has 0 aromatic carbocycles. The van der Waals surface area contributed by atoms with Crippen LogP contribution in [0.1, 0.15) is 20.3 Å². The van der Waals surface area contributed by atoms with Crippen LogP contribution in [0.5, 0.6) is 0 Å². The first-order valence-corrected chi connectivity index (χ1v) is 4.15. The second-order valence-corrected chi connectivity index (χ2v) is 3.11. The standard InChI is InChI=1S/C8H17NO3/c1-6(2)9-5-7(3-4-10)8(11)12/h6-7,9-10H,3-5H2,1-2H3,(H,11,12)/t7-/m0/s1. The molecule has 0 spiro atoms. The molecule has 0 aliphatic heterocycles. The van der Waals surface area contributed by atoms with E-state index in [0.717, 1.165) is 0 Å². The number of hydrogen-bond acceptors (Lipinski definition) is 3. The number of aliphatic hydroxyl groups excluding tert-OH is 1. The molecule has 0 aliphatic rings. The van der Waals surface area contributed by atoms with Gasteiger partial charge in [-0.25, -0.2) is 0 Å². The minimum atomic E-state index is -0.850. The third-order valence-electron chi connectivity index (χ3n) is 1.60. The molecule has 0 radical (unpaired) electrons. The Bertz CT molecular complexity index is 136. The van der Waals surface area contributed by atoms with Gasteiger partial charge in [0.15, 0.2) is 0 Å². The van der Waals surface area contributed by atoms with Crippen molar-refractivity contribution in [1.82, 2.24) is 5.32 Å². The predicted molar refractivity (Wildman–Crippen MR) is 46.0 cm³/mol. The molecule has 0 saturated heterocycles. The molecule has 0 aliphatic carbocycles. The van der Waals surface area contributed by atoms with Crippen molar-refractivity contribution < 1.29 is 15.0 Å². The Morgan fingerprint density at radius 1 is 1.50 bits per heavy atom. The smallest absolute Gasteiger partial charge is 0.307 e. The summed E-state index contributed by atoms with van der Waals surface area (Å²) in [6.07, 6.45) is 0.315. The first-order chi connectivity index (χ1) is 5.57. The van der Waals surface area contributed by atoms with Crippen LogP contribution in [0.15, 0.2) is 0 Å². The topological polar surface area (TPSA) is 69.6 Å². The lowest BCUT2D eigenvalue weighted by Crippen LogP contribution is -2.33. The Hall–Kier alpha value is -0.610. The van der Waals surface area contributed by atoms with E-state index in [9.17, 15) is 4.79 Å². The molecule has 72 valence electrons. The quantitative estimate of drug-likeness (QED) is 0.534. The van der Waals surface area contributed by atoms with Gasteiger partial charge in [-0.15, -0.1) is 0 Å². The number of nitrogens with one attached hydrogen (secondary N) is 1. The van der Waals surface area contributed by atoms with Crippen molar-refractivity contribution >= 4 is 5.97 Å². The second-order valence-electron chi connectivity index (χ2n) is 3.11. The highest BCUT2D eigenvalue weighted by Gasteiger charge is 2.16. The lowest BCUT2D eigenvalue weighted by atomic mass is 10.1. The van der Waals surface area contributed by atoms with Gasteiger partial charge >= 0.3 is 5.97 Å². The fraction of sp³-hybridized carbons (Fsp3) is 0.875. The number of carbonyl (C=O) groups is 1. The molecule has 0 amide bonds. The van der Waals surface area contributed by atoms with E-state index in [-0.39, 0.29) is 12.6 Å². The van der Waals surface area contributed by atoms with E-state index in [1.54, 1.807) is 0 Å². The average molecular weight is 175 g/mol. The van der Waals surface area contributed by atoms with Crippen LogP contribution in [-0.2, 0) is 4.79 Å². The number of hydrogen-bond donors (Lipinski definition) is 3. The number of rotatable bonds is 6. The predicted octanol–water partition coefficient (Wildman–Crippen LogP) is 0.0676. The van der Waals surface area contributed by atoms with Gasteiger partial charge in [0.05, 0.1) is 5.92 Å². The van der Waals surface area contributed by atoms with Crippen molar-refractivity contribution in [2.24, 2.45) is 5.92 Å². The number of aliphatic carboxylic acids is 1. The van der Waals surface area contributed by atoms with Crippen LogP contribution in [0.25, 0.3) is 0 Å². The summed E-state index contributed by atoms with van der Waals surface area (Å²) in [6.45, 7) is 4.26. The third-order valence-corrected chi connectivity index (χ3v) is 1.60. The van der Waals surface area contributed by atoms with Crippen LogP contribution in [0.4, 0.5) is 0 Å². The van der Waals surface area contributed by atoms with Gasteiger partial charge in [-0.05, 0) is 6.42 Å². The molecule has 0 bridgehead atoms. The summed E-state index contributed by atoms with van der Waals surface area (Å²) < 4.78 is 0. The first kappa shape index (κ1) is 11.4. The summed E-state index contributed by atoms with van der Waals surface area (Å²) in [5.74, 6) is -1.32. The van der Waals surface area contributed by atoms with Gasteiger partial charge in [0.1, 0.15) is 0 Å². The maximum Gasteiger partial charge on any atom is 0.307 e. The zero-order chi connectivity index (χ0) is 9.56. The molecule has 4 heteroatoms. The largest absolute Gasteiger partial charge is 0.481 e. The third kappa shape index (κ3) is 5.09. The van der Waals surface area contributed by atoms with Crippen molar-refractivity contribution in [1.29, 1.82) is 0 Å². The van der Waals surface area contributed by atoms with Crippen LogP contribution in [0.2, 0.25) is 0 Å². The highest BCUT2D eigenvalue weighted by molar-refractivity contribution is 5.70. The van der Waals surface area contributed by atoms with Gasteiger partial charge < -0.3 is 15.5 Å². The van der Waals surface area contributed by atoms with Crippen molar-refractivity contribution in [3.8, 4) is 0 Å². The lowest BCUT2D eigenvalue weighted by Gasteiger charge is -2.13. The van der Waals surface area contributed by atoms with Crippen LogP contribution in [-0.4, -0.2) is 35.4 Å². The Labute approximate surface area is 72.6 Å². The van der Waals surface area contributed by atoms with Crippen LogP contribution in [0, 0.1) is 5.92 Å². The van der Waals surface area contributed by atoms with Crippen molar-refractivity contribution in [3.05, 3.63) is 0 Å². The van der Waals surface area contributed by atoms with Gasteiger partial charge in [0.25, 0.3) is 0 Å². The van der Waals surface area contributed by atoms with Gasteiger partial charge in [-0.3, -0.25) is 4.79 Å². The molecule has 0 heterocycles. The summed E-state index contributed by atoms with van der Waals surface area (Å²) in [6, 6.07) is 0.283. The van der Waals surface area contributed by atoms with Crippen molar-refractivity contribution in [3.63, 3.8) is 0 Å². The molecular formula is C8H17NO3. The summed E-state index contributed by atoms with van der Waals surface area (Å²) >= 11 is 0. The Morgan fingerprint density at radius 3 is 2.42 bits per heavy atom. The summed E-state index contributed by atoms with van der Waals surface area (Å²) in [5.41, 5.74) is 0. The fourth-order valence-electron chi connectivity index (χ4n) is 0.847. The molecule has 1 atom stereocenters. The molecule has 3 N–H and O–H groups in total. The zero-order valence-corrected chi connectivity index (χ0v) is 7.58. The molecule has 4 nitrogen and oxygen atoms in total. The Morgan fingerprint density at radius 2 is 2.08 bits per heavy atom. The summed E-state index contributed by atoms with van der Waals surface area (Å²) in [4.78, 5) is 10.6. The molecule has 0 aromatic heterocycles. The molecule has 0 aromatic rings. The van der Waals surface area contributed by atoms with Gasteiger partial charge in [-0.2, -0.15) is 0 Å². The van der Waals surface area contributed by atoms with E-state index in [1.165, 1.54) is 0 Å². The summed E-state index contributed by atoms with van der Waals surface area (Å²) in [5, 5.41) is 20.2. The van der Waals surface area contributed by atoms with Crippen LogP contribution >= 0.6 is 0 Å². The lowest BCUT2D eigenvalue weighted by molar-refractivity contribution is -0.142. The van der Waals surface area contributed by atoms with Crippen LogP contribution < -0.4 is 5.32 Å². The maximum absolute atomic E-state index is 10.6. The SMILES string of the molecule is CC(C)NC[C@H](CCO)C(=O)O. The highest BCUT2D eigenvalue weighted by atomic mass is 16.4. The molecular weight excluding hydrogens is 158 g/mol. The Kier molecular flexibility index (Phi) is 5.66. The van der Waals surface area contributed by atoms with Crippen LogP contribution in [0.3, 0.4) is 0 Å². The van der Waals surface area contributed by atoms with Gasteiger partial charge in [0, 0.05) is 19.2 Å². The first-order valence-electron chi connectivity index (χ1n) is 4.15. The van der Waals surface area contributed by atoms with E-state index in [1.807, 2.05) is 13.8 Å². The minimum Gasteiger partial charge on any atom is -0.481 e. The van der Waals surface area contributed by atoms with E-state index in [0.29, 0.717) is 13.0 Å². The summed E-state index contributed by atoms with van der Waals surface area (Å²) in [7, 11) is 0. The van der Waals surface area contributed by atoms with Crippen molar-refractivity contribution in [2.75, 3.05) is 13.2 Å². The highest BCUT2D eigenvalue weighted by Crippen LogP contribution is 2.01. The number of carboxylic acids is 1. The number of carboxylic acid groups (broad SMARTS) is 1. The van der Waals surface area contributed by atoms with E-state index in [2.05, 4.69) is 5.32 Å². The second kappa shape index (κ2) is 5.97. The molecule has 0 saturated carbocycles. The monoisotopic (exact) mass is 175 g/mol. The minimum absolute atomic E-state index is 0.0727. The Balaban J connectivity index is 3.71. The van der Waals surface area contributed by atoms with Crippen molar-refractivity contribution in [2.45, 2.75) is 26.3 Å². The van der Waals surface area contributed by atoms with E-state index >= 15 is 0 Å². The van der Waals surface area contributed by atoms with E-state index < -0.39 is 11.9 Å². The average Bonchev–Trinajstić information content (AvgIpc) is 1.96. The fourth-order valence-corrected chi connectivity index (χ4v) is 0.847. The normalized spacial score (nSPS) is 13.3. The van der Waals surface area contributed by atoms with Gasteiger partial charge in [0.2, 0.25) is 0 Å². The van der Waals surface area contributed by atoms with E-state index in [4.69, 9.17) is 10.2 Å². The zero-order valence-electron chi connectivity index (χ0n) is 7.58. The molecule has 0 rings (SSSR count). The number of aliphatic hydroxyl groups is 1. The van der Waals surface area contributed by atoms with Gasteiger partial charge in [-0.1, -0.05) is 13.8 Å². The molecule has 0 unspecified atom stereocenters. The molecule has 12 heavy (non-hydrogen) atoms.